The number of nitrogens with one attached hydrogen (secondary N) is 1. The van der Waals surface area contributed by atoms with Crippen molar-refractivity contribution in [1.29, 1.82) is 0 Å². The molecule has 88 valence electrons. The lowest BCUT2D eigenvalue weighted by atomic mass is 9.97. The lowest BCUT2D eigenvalue weighted by Gasteiger charge is -2.11. The molecule has 16 heavy (non-hydrogen) atoms. The smallest absolute Gasteiger partial charge is 0.220 e. The van der Waals surface area contributed by atoms with E-state index < -0.39 is 0 Å². The number of amides is 1. The summed E-state index contributed by atoms with van der Waals surface area (Å²) in [6.07, 6.45) is 0.518. The van der Waals surface area contributed by atoms with Crippen molar-refractivity contribution in [2.75, 3.05) is 13.7 Å². The highest BCUT2D eigenvalue weighted by molar-refractivity contribution is 5.76. The molecule has 1 rings (SSSR count). The van der Waals surface area contributed by atoms with Gasteiger partial charge in [0.05, 0.1) is 6.61 Å². The second kappa shape index (κ2) is 6.16. The Kier molecular flexibility index (Phi) is 4.83. The molecule has 1 N–H and O–H groups in total. The van der Waals surface area contributed by atoms with Gasteiger partial charge in [-0.2, -0.15) is 0 Å². The van der Waals surface area contributed by atoms with Gasteiger partial charge in [0.25, 0.3) is 0 Å². The molecule has 0 aliphatic rings. The minimum atomic E-state index is 0.0707. The van der Waals surface area contributed by atoms with Gasteiger partial charge in [-0.15, -0.1) is 0 Å². The van der Waals surface area contributed by atoms with Crippen molar-refractivity contribution >= 4 is 5.91 Å². The van der Waals surface area contributed by atoms with Crippen molar-refractivity contribution in [2.45, 2.75) is 26.2 Å². The third-order valence-corrected chi connectivity index (χ3v) is 2.53. The first-order valence-electron chi connectivity index (χ1n) is 5.60. The second-order valence-electron chi connectivity index (χ2n) is 3.78. The van der Waals surface area contributed by atoms with Crippen molar-refractivity contribution in [3.05, 3.63) is 29.8 Å². The molecule has 1 atom stereocenters. The summed E-state index contributed by atoms with van der Waals surface area (Å²) in [6, 6.07) is 7.91. The molecular weight excluding hydrogens is 202 g/mol. The molecule has 0 aromatic heterocycles. The third-order valence-electron chi connectivity index (χ3n) is 2.53. The molecule has 0 fully saturated rings. The van der Waals surface area contributed by atoms with Crippen molar-refractivity contribution < 1.29 is 9.53 Å². The molecule has 0 aliphatic carbocycles. The number of ether oxygens (including phenoxy) is 1. The van der Waals surface area contributed by atoms with E-state index in [4.69, 9.17) is 4.74 Å². The van der Waals surface area contributed by atoms with E-state index in [1.165, 1.54) is 0 Å². The Balaban J connectivity index is 2.62. The summed E-state index contributed by atoms with van der Waals surface area (Å²) in [5.41, 5.74) is 1.16. The normalized spacial score (nSPS) is 11.9. The van der Waals surface area contributed by atoms with Crippen LogP contribution in [0.15, 0.2) is 24.3 Å². The molecular formula is C13H19NO2. The molecule has 0 saturated carbocycles. The van der Waals surface area contributed by atoms with Crippen molar-refractivity contribution in [1.82, 2.24) is 5.32 Å². The molecule has 1 aromatic rings. The summed E-state index contributed by atoms with van der Waals surface area (Å²) in [5.74, 6) is 1.18. The van der Waals surface area contributed by atoms with Crippen LogP contribution in [-0.4, -0.2) is 19.6 Å². The molecule has 0 spiro atoms. The highest BCUT2D eigenvalue weighted by Gasteiger charge is 2.09. The van der Waals surface area contributed by atoms with Crippen LogP contribution in [0, 0.1) is 0 Å². The molecule has 3 nitrogen and oxygen atoms in total. The summed E-state index contributed by atoms with van der Waals surface area (Å²) in [4.78, 5) is 11.2. The monoisotopic (exact) mass is 221 g/mol. The predicted molar refractivity (Wildman–Crippen MR) is 64.7 cm³/mol. The molecule has 0 saturated heterocycles. The number of hydrogen-bond acceptors (Lipinski definition) is 2. The van der Waals surface area contributed by atoms with Crippen molar-refractivity contribution in [3.8, 4) is 5.75 Å². The molecule has 0 heterocycles. The van der Waals surface area contributed by atoms with E-state index in [1.54, 1.807) is 7.05 Å². The molecule has 3 heteroatoms. The largest absolute Gasteiger partial charge is 0.494 e. The van der Waals surface area contributed by atoms with Gasteiger partial charge in [-0.25, -0.2) is 0 Å². The highest BCUT2D eigenvalue weighted by atomic mass is 16.5. The van der Waals surface area contributed by atoms with Gasteiger partial charge in [0.15, 0.2) is 0 Å². The maximum atomic E-state index is 11.2. The highest BCUT2D eigenvalue weighted by Crippen LogP contribution is 2.21. The average Bonchev–Trinajstić information content (AvgIpc) is 2.30. The predicted octanol–water partition coefficient (Wildman–Crippen LogP) is 2.32. The first-order chi connectivity index (χ1) is 7.67. The number of rotatable bonds is 5. The van der Waals surface area contributed by atoms with Gasteiger partial charge in [0.1, 0.15) is 5.75 Å². The Bertz CT molecular complexity index is 332. The SMILES string of the molecule is CCOc1ccc(C(C)CC(=O)NC)cc1. The first kappa shape index (κ1) is 12.6. The van der Waals surface area contributed by atoms with Crippen LogP contribution in [0.2, 0.25) is 0 Å². The van der Waals surface area contributed by atoms with Gasteiger partial charge >= 0.3 is 0 Å². The standard InChI is InChI=1S/C13H19NO2/c1-4-16-12-7-5-11(6-8-12)10(2)9-13(15)14-3/h5-8,10H,4,9H2,1-3H3,(H,14,15). The fourth-order valence-corrected chi connectivity index (χ4v) is 1.56. The fourth-order valence-electron chi connectivity index (χ4n) is 1.56. The number of carbonyl (C=O) groups excluding carboxylic acids is 1. The minimum absolute atomic E-state index is 0.0707. The van der Waals surface area contributed by atoms with Gasteiger partial charge in [-0.3, -0.25) is 4.79 Å². The number of benzene rings is 1. The van der Waals surface area contributed by atoms with Crippen LogP contribution in [-0.2, 0) is 4.79 Å². The van der Waals surface area contributed by atoms with Crippen LogP contribution >= 0.6 is 0 Å². The van der Waals surface area contributed by atoms with Crippen LogP contribution in [0.25, 0.3) is 0 Å². The zero-order valence-corrected chi connectivity index (χ0v) is 10.1. The summed E-state index contributed by atoms with van der Waals surface area (Å²) in [5, 5.41) is 2.63. The zero-order valence-electron chi connectivity index (χ0n) is 10.1. The topological polar surface area (TPSA) is 38.3 Å². The van der Waals surface area contributed by atoms with Crippen LogP contribution in [0.4, 0.5) is 0 Å². The summed E-state index contributed by atoms with van der Waals surface area (Å²) in [6.45, 7) is 4.68. The quantitative estimate of drug-likeness (QED) is 0.828. The van der Waals surface area contributed by atoms with Gasteiger partial charge in [-0.05, 0) is 30.5 Å². The molecule has 1 amide bonds. The second-order valence-corrected chi connectivity index (χ2v) is 3.78. The summed E-state index contributed by atoms with van der Waals surface area (Å²) < 4.78 is 5.36. The lowest BCUT2D eigenvalue weighted by Crippen LogP contribution is -2.19. The molecule has 0 radical (unpaired) electrons. The Hall–Kier alpha value is -1.51. The Labute approximate surface area is 96.8 Å². The Morgan fingerprint density at radius 1 is 1.38 bits per heavy atom. The maximum absolute atomic E-state index is 11.2. The van der Waals surface area contributed by atoms with Gasteiger partial charge in [0, 0.05) is 13.5 Å². The maximum Gasteiger partial charge on any atom is 0.220 e. The van der Waals surface area contributed by atoms with E-state index in [0.29, 0.717) is 13.0 Å². The molecule has 0 aliphatic heterocycles. The number of carbonyl (C=O) groups is 1. The van der Waals surface area contributed by atoms with E-state index >= 15 is 0 Å². The first-order valence-corrected chi connectivity index (χ1v) is 5.60. The summed E-state index contributed by atoms with van der Waals surface area (Å²) >= 11 is 0. The average molecular weight is 221 g/mol. The van der Waals surface area contributed by atoms with E-state index in [9.17, 15) is 4.79 Å². The lowest BCUT2D eigenvalue weighted by molar-refractivity contribution is -0.120. The molecule has 1 unspecified atom stereocenters. The molecule has 0 bridgehead atoms. The van der Waals surface area contributed by atoms with Gasteiger partial charge in [-0.1, -0.05) is 19.1 Å². The van der Waals surface area contributed by atoms with E-state index in [2.05, 4.69) is 5.32 Å². The number of hydrogen-bond donors (Lipinski definition) is 1. The zero-order chi connectivity index (χ0) is 12.0. The minimum Gasteiger partial charge on any atom is -0.494 e. The van der Waals surface area contributed by atoms with Crippen LogP contribution < -0.4 is 10.1 Å². The van der Waals surface area contributed by atoms with Crippen LogP contribution in [0.3, 0.4) is 0 Å². The summed E-state index contributed by atoms with van der Waals surface area (Å²) in [7, 11) is 1.66. The van der Waals surface area contributed by atoms with Gasteiger partial charge in [0.2, 0.25) is 5.91 Å². The van der Waals surface area contributed by atoms with E-state index in [0.717, 1.165) is 11.3 Å². The van der Waals surface area contributed by atoms with Crippen LogP contribution in [0.5, 0.6) is 5.75 Å². The Morgan fingerprint density at radius 2 is 2.00 bits per heavy atom. The van der Waals surface area contributed by atoms with Crippen molar-refractivity contribution in [3.63, 3.8) is 0 Å². The fraction of sp³-hybridized carbons (Fsp3) is 0.462. The van der Waals surface area contributed by atoms with E-state index in [-0.39, 0.29) is 11.8 Å². The van der Waals surface area contributed by atoms with Gasteiger partial charge < -0.3 is 10.1 Å². The Morgan fingerprint density at radius 3 is 2.50 bits per heavy atom. The van der Waals surface area contributed by atoms with Crippen molar-refractivity contribution in [2.24, 2.45) is 0 Å². The van der Waals surface area contributed by atoms with Crippen LogP contribution in [0.1, 0.15) is 31.7 Å². The molecule has 1 aromatic carbocycles. The van der Waals surface area contributed by atoms with E-state index in [1.807, 2.05) is 38.1 Å². The third kappa shape index (κ3) is 3.57.